The van der Waals surface area contributed by atoms with Crippen LogP contribution in [0.25, 0.3) is 0 Å². The molecule has 7 nitrogen and oxygen atoms in total. The van der Waals surface area contributed by atoms with Gasteiger partial charge in [0.15, 0.2) is 0 Å². The van der Waals surface area contributed by atoms with Crippen LogP contribution in [0.4, 0.5) is 0 Å². The molecule has 1 aromatic carbocycles. The molecule has 0 saturated heterocycles. The van der Waals surface area contributed by atoms with E-state index in [0.29, 0.717) is 30.6 Å². The number of rotatable bonds is 9. The summed E-state index contributed by atoms with van der Waals surface area (Å²) in [5.74, 6) is -0.474. The van der Waals surface area contributed by atoms with E-state index in [1.54, 1.807) is 12.1 Å². The number of phenolic OH excluding ortho intramolecular Hbond substituents is 1. The maximum absolute atomic E-state index is 11.5. The van der Waals surface area contributed by atoms with Gasteiger partial charge in [-0.15, -0.1) is 0 Å². The monoisotopic (exact) mass is 308 g/mol. The van der Waals surface area contributed by atoms with Crippen molar-refractivity contribution in [3.05, 3.63) is 23.8 Å². The lowest BCUT2D eigenvalue weighted by Gasteiger charge is -2.03. The van der Waals surface area contributed by atoms with E-state index in [4.69, 9.17) is 9.84 Å². The summed E-state index contributed by atoms with van der Waals surface area (Å²) in [6.07, 6.45) is 3.58. The minimum atomic E-state index is -0.827. The summed E-state index contributed by atoms with van der Waals surface area (Å²) >= 11 is 0. The maximum Gasteiger partial charge on any atom is 0.303 e. The third-order valence-electron chi connectivity index (χ3n) is 2.92. The summed E-state index contributed by atoms with van der Waals surface area (Å²) in [5.41, 5.74) is 2.79. The van der Waals surface area contributed by atoms with E-state index in [-0.39, 0.29) is 24.5 Å². The fraction of sp³-hybridized carbons (Fsp3) is 0.400. The topological polar surface area (TPSA) is 108 Å². The molecule has 0 radical (unpaired) electrons. The van der Waals surface area contributed by atoms with Crippen LogP contribution >= 0.6 is 0 Å². The number of hydrogen-bond donors (Lipinski definition) is 3. The molecule has 0 bridgehead atoms. The van der Waals surface area contributed by atoms with Gasteiger partial charge >= 0.3 is 5.97 Å². The van der Waals surface area contributed by atoms with Crippen LogP contribution < -0.4 is 10.2 Å². The van der Waals surface area contributed by atoms with Gasteiger partial charge in [-0.3, -0.25) is 9.59 Å². The Labute approximate surface area is 128 Å². The molecule has 0 aliphatic heterocycles. The molecule has 0 saturated carbocycles. The van der Waals surface area contributed by atoms with Crippen molar-refractivity contribution in [2.45, 2.75) is 32.1 Å². The molecule has 120 valence electrons. The van der Waals surface area contributed by atoms with Gasteiger partial charge in [-0.1, -0.05) is 6.42 Å². The van der Waals surface area contributed by atoms with Gasteiger partial charge in [0.05, 0.1) is 13.3 Å². The van der Waals surface area contributed by atoms with Crippen molar-refractivity contribution in [3.8, 4) is 11.5 Å². The third-order valence-corrected chi connectivity index (χ3v) is 2.92. The Kier molecular flexibility index (Phi) is 7.45. The average Bonchev–Trinajstić information content (AvgIpc) is 2.48. The fourth-order valence-corrected chi connectivity index (χ4v) is 1.73. The van der Waals surface area contributed by atoms with Crippen LogP contribution in [0.15, 0.2) is 23.3 Å². The summed E-state index contributed by atoms with van der Waals surface area (Å²) in [6.45, 7) is 0. The van der Waals surface area contributed by atoms with Gasteiger partial charge in [0, 0.05) is 18.4 Å². The van der Waals surface area contributed by atoms with Crippen molar-refractivity contribution in [1.29, 1.82) is 0 Å². The number of benzene rings is 1. The predicted octanol–water partition coefficient (Wildman–Crippen LogP) is 1.89. The van der Waals surface area contributed by atoms with Gasteiger partial charge < -0.3 is 14.9 Å². The van der Waals surface area contributed by atoms with Crippen LogP contribution in [-0.2, 0) is 9.59 Å². The molecule has 22 heavy (non-hydrogen) atoms. The SMILES string of the molecule is COc1ccc(O)c(/C=N/NC(=O)CCCCCC(=O)O)c1. The Bertz CT molecular complexity index is 543. The van der Waals surface area contributed by atoms with Crippen LogP contribution in [0.5, 0.6) is 11.5 Å². The van der Waals surface area contributed by atoms with Crippen LogP contribution in [0.3, 0.4) is 0 Å². The number of aliphatic carboxylic acids is 1. The lowest BCUT2D eigenvalue weighted by Crippen LogP contribution is -2.16. The van der Waals surface area contributed by atoms with Gasteiger partial charge in [-0.2, -0.15) is 5.10 Å². The van der Waals surface area contributed by atoms with Crippen molar-refractivity contribution in [3.63, 3.8) is 0 Å². The first kappa shape index (κ1) is 17.5. The van der Waals surface area contributed by atoms with Crippen molar-refractivity contribution in [2.24, 2.45) is 5.10 Å². The molecule has 1 aromatic rings. The number of nitrogens with one attached hydrogen (secondary N) is 1. The molecule has 0 heterocycles. The number of phenols is 1. The number of ether oxygens (including phenoxy) is 1. The Hall–Kier alpha value is -2.57. The lowest BCUT2D eigenvalue weighted by molar-refractivity contribution is -0.137. The first-order chi connectivity index (χ1) is 10.5. The molecule has 0 aromatic heterocycles. The van der Waals surface area contributed by atoms with Crippen molar-refractivity contribution in [1.82, 2.24) is 5.43 Å². The molecule has 0 aliphatic carbocycles. The quantitative estimate of drug-likeness (QED) is 0.367. The standard InChI is InChI=1S/C15H20N2O5/c1-22-12-7-8-13(18)11(9-12)10-16-17-14(19)5-3-2-4-6-15(20)21/h7-10,18H,2-6H2,1H3,(H,17,19)(H,20,21)/b16-10+. The second-order valence-electron chi connectivity index (χ2n) is 4.67. The fourth-order valence-electron chi connectivity index (χ4n) is 1.73. The number of aromatic hydroxyl groups is 1. The minimum absolute atomic E-state index is 0.0347. The number of hydrogen-bond acceptors (Lipinski definition) is 5. The highest BCUT2D eigenvalue weighted by Crippen LogP contribution is 2.20. The van der Waals surface area contributed by atoms with Crippen LogP contribution in [-0.4, -0.2) is 35.4 Å². The zero-order chi connectivity index (χ0) is 16.4. The number of carboxylic acids is 1. The average molecular weight is 308 g/mol. The van der Waals surface area contributed by atoms with Gasteiger partial charge in [-0.25, -0.2) is 5.43 Å². The number of nitrogens with zero attached hydrogens (tertiary/aromatic N) is 1. The van der Waals surface area contributed by atoms with E-state index in [1.165, 1.54) is 19.4 Å². The second-order valence-corrected chi connectivity index (χ2v) is 4.67. The van der Waals surface area contributed by atoms with E-state index in [9.17, 15) is 14.7 Å². The van der Waals surface area contributed by atoms with E-state index >= 15 is 0 Å². The molecule has 0 fully saturated rings. The second kappa shape index (κ2) is 9.38. The van der Waals surface area contributed by atoms with E-state index in [2.05, 4.69) is 10.5 Å². The highest BCUT2D eigenvalue weighted by Gasteiger charge is 2.03. The number of carboxylic acid groups (broad SMARTS) is 1. The van der Waals surface area contributed by atoms with Crippen molar-refractivity contribution in [2.75, 3.05) is 7.11 Å². The number of methoxy groups -OCH3 is 1. The molecule has 3 N–H and O–H groups in total. The number of hydrazone groups is 1. The van der Waals surface area contributed by atoms with Gasteiger partial charge in [-0.05, 0) is 31.0 Å². The number of carbonyl (C=O) groups excluding carboxylic acids is 1. The van der Waals surface area contributed by atoms with Gasteiger partial charge in [0.1, 0.15) is 11.5 Å². The summed E-state index contributed by atoms with van der Waals surface area (Å²) in [5, 5.41) is 21.9. The van der Waals surface area contributed by atoms with Crippen LogP contribution in [0.2, 0.25) is 0 Å². The first-order valence-corrected chi connectivity index (χ1v) is 6.93. The minimum Gasteiger partial charge on any atom is -0.507 e. The Morgan fingerprint density at radius 2 is 2.00 bits per heavy atom. The molecule has 1 rings (SSSR count). The Morgan fingerprint density at radius 3 is 2.68 bits per heavy atom. The normalized spacial score (nSPS) is 10.6. The number of amides is 1. The van der Waals surface area contributed by atoms with Gasteiger partial charge in [0.25, 0.3) is 0 Å². The molecular weight excluding hydrogens is 288 g/mol. The predicted molar refractivity (Wildman–Crippen MR) is 81.1 cm³/mol. The molecule has 0 unspecified atom stereocenters. The smallest absolute Gasteiger partial charge is 0.303 e. The molecule has 1 amide bonds. The Morgan fingerprint density at radius 1 is 1.27 bits per heavy atom. The number of unbranched alkanes of at least 4 members (excludes halogenated alkanes) is 2. The lowest BCUT2D eigenvalue weighted by atomic mass is 10.1. The van der Waals surface area contributed by atoms with Crippen LogP contribution in [0, 0.1) is 0 Å². The first-order valence-electron chi connectivity index (χ1n) is 6.93. The van der Waals surface area contributed by atoms with Gasteiger partial charge in [0.2, 0.25) is 5.91 Å². The zero-order valence-electron chi connectivity index (χ0n) is 12.4. The molecule has 0 aliphatic rings. The van der Waals surface area contributed by atoms with Crippen molar-refractivity contribution < 1.29 is 24.5 Å². The molecule has 0 atom stereocenters. The summed E-state index contributed by atoms with van der Waals surface area (Å²) < 4.78 is 5.03. The molecule has 7 heteroatoms. The summed E-state index contributed by atoms with van der Waals surface area (Å²) in [4.78, 5) is 21.8. The van der Waals surface area contributed by atoms with E-state index in [0.717, 1.165) is 0 Å². The molecule has 0 spiro atoms. The van der Waals surface area contributed by atoms with Crippen molar-refractivity contribution >= 4 is 18.1 Å². The van der Waals surface area contributed by atoms with E-state index in [1.807, 2.05) is 0 Å². The largest absolute Gasteiger partial charge is 0.507 e. The number of carbonyl (C=O) groups is 2. The summed E-state index contributed by atoms with van der Waals surface area (Å²) in [6, 6.07) is 4.68. The highest BCUT2D eigenvalue weighted by molar-refractivity contribution is 5.85. The Balaban J connectivity index is 2.33. The van der Waals surface area contributed by atoms with Crippen LogP contribution in [0.1, 0.15) is 37.7 Å². The molecular formula is C15H20N2O5. The zero-order valence-corrected chi connectivity index (χ0v) is 12.4. The van der Waals surface area contributed by atoms with E-state index < -0.39 is 5.97 Å². The third kappa shape index (κ3) is 6.74. The maximum atomic E-state index is 11.5. The highest BCUT2D eigenvalue weighted by atomic mass is 16.5. The summed E-state index contributed by atoms with van der Waals surface area (Å²) in [7, 11) is 1.51.